The van der Waals surface area contributed by atoms with E-state index in [1.807, 2.05) is 47.4 Å². The predicted molar refractivity (Wildman–Crippen MR) is 125 cm³/mol. The second kappa shape index (κ2) is 9.33. The van der Waals surface area contributed by atoms with Gasteiger partial charge < -0.3 is 10.6 Å². The zero-order chi connectivity index (χ0) is 21.8. The number of carbonyl (C=O) groups excluding carboxylic acids is 1. The Morgan fingerprint density at radius 3 is 2.61 bits per heavy atom. The number of hydrogen-bond donors (Lipinski definition) is 2. The molecule has 1 amide bonds. The number of anilines is 2. The fourth-order valence-electron chi connectivity index (χ4n) is 4.05. The Balaban J connectivity index is 1.75. The fourth-order valence-corrected chi connectivity index (χ4v) is 4.05. The molecule has 1 fully saturated rings. The van der Waals surface area contributed by atoms with Crippen molar-refractivity contribution in [1.29, 1.82) is 0 Å². The third-order valence-electron chi connectivity index (χ3n) is 5.85. The number of para-hydroxylation sites is 1. The molecule has 0 aliphatic heterocycles. The Morgan fingerprint density at radius 1 is 1.19 bits per heavy atom. The molecule has 0 saturated heterocycles. The molecule has 1 aliphatic carbocycles. The van der Waals surface area contributed by atoms with E-state index in [9.17, 15) is 4.79 Å². The molecule has 0 bridgehead atoms. The number of aryl methyl sites for hydroxylation is 1. The number of amides is 1. The molecule has 0 radical (unpaired) electrons. The van der Waals surface area contributed by atoms with Crippen LogP contribution in [0.4, 0.5) is 11.4 Å². The number of aromatic nitrogens is 3. The summed E-state index contributed by atoms with van der Waals surface area (Å²) in [5, 5.41) is 11.1. The zero-order valence-electron chi connectivity index (χ0n) is 18.5. The van der Waals surface area contributed by atoms with Gasteiger partial charge in [-0.05, 0) is 49.4 Å². The first-order valence-electron chi connectivity index (χ1n) is 11.2. The summed E-state index contributed by atoms with van der Waals surface area (Å²) in [5.41, 5.74) is 4.52. The van der Waals surface area contributed by atoms with Gasteiger partial charge in [-0.15, -0.1) is 0 Å². The summed E-state index contributed by atoms with van der Waals surface area (Å²) in [6, 6.07) is 14.1. The van der Waals surface area contributed by atoms with Gasteiger partial charge in [0.2, 0.25) is 5.91 Å². The van der Waals surface area contributed by atoms with E-state index in [2.05, 4.69) is 41.7 Å². The summed E-state index contributed by atoms with van der Waals surface area (Å²) < 4.78 is 1.90. The van der Waals surface area contributed by atoms with Crippen LogP contribution in [0.5, 0.6) is 0 Å². The van der Waals surface area contributed by atoms with Crippen LogP contribution in [0.25, 0.3) is 11.3 Å². The second-order valence-corrected chi connectivity index (χ2v) is 8.54. The molecule has 3 aromatic rings. The van der Waals surface area contributed by atoms with Crippen molar-refractivity contribution in [2.45, 2.75) is 52.6 Å². The molecule has 2 heterocycles. The number of nitrogens with one attached hydrogen (secondary N) is 2. The first-order valence-corrected chi connectivity index (χ1v) is 11.2. The Bertz CT molecular complexity index is 1030. The van der Waals surface area contributed by atoms with Crippen LogP contribution in [0.15, 0.2) is 54.9 Å². The van der Waals surface area contributed by atoms with E-state index in [-0.39, 0.29) is 11.9 Å². The summed E-state index contributed by atoms with van der Waals surface area (Å²) >= 11 is 0. The highest BCUT2D eigenvalue weighted by atomic mass is 16.1. The maximum atomic E-state index is 11.9. The SMILES string of the molecule is CCn1cc(-c2ccc(NC(C)=O)c(C(Nc3ccccc3)C(C)CC3CC3)n2)cn1. The third-order valence-corrected chi connectivity index (χ3v) is 5.85. The van der Waals surface area contributed by atoms with Crippen LogP contribution < -0.4 is 10.6 Å². The van der Waals surface area contributed by atoms with Crippen LogP contribution in [-0.2, 0) is 11.3 Å². The lowest BCUT2D eigenvalue weighted by atomic mass is 9.91. The van der Waals surface area contributed by atoms with Crippen LogP contribution in [0.1, 0.15) is 51.8 Å². The van der Waals surface area contributed by atoms with Gasteiger partial charge in [0, 0.05) is 30.9 Å². The van der Waals surface area contributed by atoms with E-state index in [1.165, 1.54) is 19.8 Å². The van der Waals surface area contributed by atoms with Crippen molar-refractivity contribution in [2.75, 3.05) is 10.6 Å². The largest absolute Gasteiger partial charge is 0.376 e. The maximum Gasteiger partial charge on any atom is 0.221 e. The molecule has 2 atom stereocenters. The minimum atomic E-state index is -0.0945. The number of benzene rings is 1. The molecule has 162 valence electrons. The first kappa shape index (κ1) is 21.1. The standard InChI is InChI=1S/C25H31N5O/c1-4-30-16-20(15-26-30)22-12-13-23(27-18(3)31)25(29-22)24(17(2)14-19-10-11-19)28-21-8-6-5-7-9-21/h5-9,12-13,15-17,19,24,28H,4,10-11,14H2,1-3H3,(H,27,31). The zero-order valence-corrected chi connectivity index (χ0v) is 18.5. The number of hydrogen-bond acceptors (Lipinski definition) is 4. The van der Waals surface area contributed by atoms with Gasteiger partial charge in [-0.2, -0.15) is 5.10 Å². The van der Waals surface area contributed by atoms with Gasteiger partial charge in [-0.3, -0.25) is 9.48 Å². The Labute approximate surface area is 184 Å². The Hall–Kier alpha value is -3.15. The normalized spacial score (nSPS) is 15.3. The molecule has 4 rings (SSSR count). The number of carbonyl (C=O) groups is 1. The van der Waals surface area contributed by atoms with E-state index in [0.717, 1.165) is 47.2 Å². The van der Waals surface area contributed by atoms with E-state index in [0.29, 0.717) is 5.92 Å². The van der Waals surface area contributed by atoms with Crippen LogP contribution >= 0.6 is 0 Å². The van der Waals surface area contributed by atoms with Crippen molar-refractivity contribution in [1.82, 2.24) is 14.8 Å². The minimum Gasteiger partial charge on any atom is -0.376 e. The fraction of sp³-hybridized carbons (Fsp3) is 0.400. The van der Waals surface area contributed by atoms with Crippen molar-refractivity contribution >= 4 is 17.3 Å². The summed E-state index contributed by atoms with van der Waals surface area (Å²) in [6.45, 7) is 6.69. The molecular formula is C25H31N5O. The molecule has 2 N–H and O–H groups in total. The maximum absolute atomic E-state index is 11.9. The van der Waals surface area contributed by atoms with Gasteiger partial charge in [0.1, 0.15) is 0 Å². The van der Waals surface area contributed by atoms with Crippen molar-refractivity contribution in [3.05, 3.63) is 60.6 Å². The molecule has 6 heteroatoms. The van der Waals surface area contributed by atoms with E-state index in [4.69, 9.17) is 4.98 Å². The van der Waals surface area contributed by atoms with Crippen LogP contribution in [0.2, 0.25) is 0 Å². The Kier molecular flexibility index (Phi) is 6.35. The summed E-state index contributed by atoms with van der Waals surface area (Å²) in [6.07, 6.45) is 7.62. The summed E-state index contributed by atoms with van der Waals surface area (Å²) in [5.74, 6) is 1.06. The minimum absolute atomic E-state index is 0.0222. The molecule has 0 spiro atoms. The van der Waals surface area contributed by atoms with Crippen LogP contribution in [0.3, 0.4) is 0 Å². The second-order valence-electron chi connectivity index (χ2n) is 8.54. The number of nitrogens with zero attached hydrogens (tertiary/aromatic N) is 3. The van der Waals surface area contributed by atoms with E-state index < -0.39 is 0 Å². The average molecular weight is 418 g/mol. The van der Waals surface area contributed by atoms with Crippen molar-refractivity contribution < 1.29 is 4.79 Å². The van der Waals surface area contributed by atoms with Crippen molar-refractivity contribution in [3.63, 3.8) is 0 Å². The van der Waals surface area contributed by atoms with Gasteiger partial charge in [0.25, 0.3) is 0 Å². The highest BCUT2D eigenvalue weighted by Crippen LogP contribution is 2.41. The average Bonchev–Trinajstić information content (AvgIpc) is 3.45. The molecule has 1 aromatic carbocycles. The lowest BCUT2D eigenvalue weighted by Gasteiger charge is -2.28. The van der Waals surface area contributed by atoms with E-state index >= 15 is 0 Å². The highest BCUT2D eigenvalue weighted by Gasteiger charge is 2.31. The number of pyridine rings is 1. The third kappa shape index (κ3) is 5.32. The summed E-state index contributed by atoms with van der Waals surface area (Å²) in [4.78, 5) is 17.0. The van der Waals surface area contributed by atoms with E-state index in [1.54, 1.807) is 0 Å². The van der Waals surface area contributed by atoms with Gasteiger partial charge in [-0.25, -0.2) is 4.98 Å². The molecule has 2 aromatic heterocycles. The molecule has 31 heavy (non-hydrogen) atoms. The molecular weight excluding hydrogens is 386 g/mol. The molecule has 1 aliphatic rings. The molecule has 1 saturated carbocycles. The lowest BCUT2D eigenvalue weighted by Crippen LogP contribution is -2.23. The molecule has 6 nitrogen and oxygen atoms in total. The monoisotopic (exact) mass is 417 g/mol. The number of rotatable bonds is 9. The van der Waals surface area contributed by atoms with Crippen molar-refractivity contribution in [2.24, 2.45) is 11.8 Å². The Morgan fingerprint density at radius 2 is 1.97 bits per heavy atom. The smallest absolute Gasteiger partial charge is 0.221 e. The quantitative estimate of drug-likeness (QED) is 0.481. The predicted octanol–water partition coefficient (Wildman–Crippen LogP) is 5.51. The molecule has 2 unspecified atom stereocenters. The first-order chi connectivity index (χ1) is 15.0. The van der Waals surface area contributed by atoms with Gasteiger partial charge in [0.15, 0.2) is 0 Å². The highest BCUT2D eigenvalue weighted by molar-refractivity contribution is 5.89. The topological polar surface area (TPSA) is 71.8 Å². The van der Waals surface area contributed by atoms with Gasteiger partial charge >= 0.3 is 0 Å². The van der Waals surface area contributed by atoms with Crippen LogP contribution in [0, 0.1) is 11.8 Å². The van der Waals surface area contributed by atoms with Crippen molar-refractivity contribution in [3.8, 4) is 11.3 Å². The van der Waals surface area contributed by atoms with Crippen LogP contribution in [-0.4, -0.2) is 20.7 Å². The van der Waals surface area contributed by atoms with Gasteiger partial charge in [-0.1, -0.05) is 38.0 Å². The summed E-state index contributed by atoms with van der Waals surface area (Å²) in [7, 11) is 0. The lowest BCUT2D eigenvalue weighted by molar-refractivity contribution is -0.114. The van der Waals surface area contributed by atoms with Gasteiger partial charge in [0.05, 0.1) is 29.3 Å².